The number of ether oxygens (including phenoxy) is 1. The molecule has 1 amide bonds. The molecule has 17 heavy (non-hydrogen) atoms. The van der Waals surface area contributed by atoms with Crippen LogP contribution in [0.25, 0.3) is 0 Å². The van der Waals surface area contributed by atoms with Gasteiger partial charge in [-0.1, -0.05) is 12.8 Å². The Morgan fingerprint density at radius 2 is 1.59 bits per heavy atom. The van der Waals surface area contributed by atoms with Crippen molar-refractivity contribution in [2.24, 2.45) is 0 Å². The van der Waals surface area contributed by atoms with Crippen molar-refractivity contribution >= 4 is 12.2 Å². The van der Waals surface area contributed by atoms with Crippen LogP contribution in [0.2, 0.25) is 0 Å². The van der Waals surface area contributed by atoms with E-state index in [4.69, 9.17) is 19.7 Å². The molecule has 0 bridgehead atoms. The lowest BCUT2D eigenvalue weighted by atomic mass is 10.2. The van der Waals surface area contributed by atoms with Crippen molar-refractivity contribution in [1.29, 1.82) is 0 Å². The number of carboxylic acid groups (broad SMARTS) is 2. The molecule has 6 heteroatoms. The van der Waals surface area contributed by atoms with Gasteiger partial charge in [0.05, 0.1) is 0 Å². The Kier molecular flexibility index (Phi) is 6.38. The largest absolute Gasteiger partial charge is 0.503 e. The molecule has 1 aliphatic carbocycles. The van der Waals surface area contributed by atoms with Crippen LogP contribution in [-0.4, -0.2) is 34.1 Å². The summed E-state index contributed by atoms with van der Waals surface area (Å²) >= 11 is 0. The molecule has 0 radical (unpaired) electrons. The highest BCUT2D eigenvalue weighted by Crippen LogP contribution is 2.18. The summed E-state index contributed by atoms with van der Waals surface area (Å²) in [5.74, 6) is 0. The van der Waals surface area contributed by atoms with Gasteiger partial charge in [0.1, 0.15) is 5.60 Å². The van der Waals surface area contributed by atoms with Crippen LogP contribution in [0.4, 0.5) is 9.59 Å². The predicted molar refractivity (Wildman–Crippen MR) is 62.3 cm³/mol. The molecule has 0 aromatic heterocycles. The van der Waals surface area contributed by atoms with Gasteiger partial charge in [0, 0.05) is 6.04 Å². The molecule has 100 valence electrons. The molecule has 1 aliphatic rings. The van der Waals surface area contributed by atoms with Crippen LogP contribution in [0.15, 0.2) is 0 Å². The maximum absolute atomic E-state index is 11.3. The maximum Gasteiger partial charge on any atom is 0.503 e. The number of rotatable bonds is 1. The van der Waals surface area contributed by atoms with Gasteiger partial charge in [0.15, 0.2) is 0 Å². The minimum absolute atomic E-state index is 0.278. The van der Waals surface area contributed by atoms with E-state index < -0.39 is 6.16 Å². The van der Waals surface area contributed by atoms with E-state index in [9.17, 15) is 4.79 Å². The molecule has 0 aliphatic heterocycles. The SMILES string of the molecule is CC(C)(C)OC(=O)NC1CCCC1.O=C(O)O. The predicted octanol–water partition coefficient (Wildman–Crippen LogP) is 2.68. The Balaban J connectivity index is 0.000000557. The van der Waals surface area contributed by atoms with Crippen molar-refractivity contribution in [2.75, 3.05) is 0 Å². The first-order valence-corrected chi connectivity index (χ1v) is 5.62. The summed E-state index contributed by atoms with van der Waals surface area (Å²) in [7, 11) is 0. The Bertz CT molecular complexity index is 249. The summed E-state index contributed by atoms with van der Waals surface area (Å²) in [6.07, 6.45) is 2.53. The average molecular weight is 247 g/mol. The molecule has 1 rings (SSSR count). The number of amides is 1. The van der Waals surface area contributed by atoms with Crippen molar-refractivity contribution in [2.45, 2.75) is 58.1 Å². The van der Waals surface area contributed by atoms with E-state index >= 15 is 0 Å². The van der Waals surface area contributed by atoms with Gasteiger partial charge in [0.25, 0.3) is 0 Å². The normalized spacial score (nSPS) is 15.7. The molecule has 0 saturated heterocycles. The summed E-state index contributed by atoms with van der Waals surface area (Å²) in [5.41, 5.74) is -0.386. The van der Waals surface area contributed by atoms with Gasteiger partial charge in [-0.2, -0.15) is 0 Å². The van der Waals surface area contributed by atoms with Crippen LogP contribution in [0, 0.1) is 0 Å². The first-order valence-electron chi connectivity index (χ1n) is 5.62. The second-order valence-electron chi connectivity index (χ2n) is 4.91. The van der Waals surface area contributed by atoms with Crippen molar-refractivity contribution in [3.63, 3.8) is 0 Å². The summed E-state index contributed by atoms with van der Waals surface area (Å²) < 4.78 is 5.15. The number of hydrogen-bond acceptors (Lipinski definition) is 3. The quantitative estimate of drug-likeness (QED) is 0.662. The molecule has 0 heterocycles. The van der Waals surface area contributed by atoms with Crippen LogP contribution in [0.1, 0.15) is 46.5 Å². The fourth-order valence-electron chi connectivity index (χ4n) is 1.54. The fraction of sp³-hybridized carbons (Fsp3) is 0.818. The van der Waals surface area contributed by atoms with Crippen molar-refractivity contribution < 1.29 is 24.5 Å². The van der Waals surface area contributed by atoms with E-state index in [0.717, 1.165) is 12.8 Å². The monoisotopic (exact) mass is 247 g/mol. The minimum atomic E-state index is -1.83. The Morgan fingerprint density at radius 3 is 1.94 bits per heavy atom. The van der Waals surface area contributed by atoms with Gasteiger partial charge in [-0.15, -0.1) is 0 Å². The molecular formula is C11H21NO5. The summed E-state index contributed by atoms with van der Waals surface area (Å²) in [5, 5.41) is 16.8. The second-order valence-corrected chi connectivity index (χ2v) is 4.91. The van der Waals surface area contributed by atoms with Crippen LogP contribution < -0.4 is 5.32 Å². The Hall–Kier alpha value is -1.46. The first-order chi connectivity index (χ1) is 7.70. The van der Waals surface area contributed by atoms with Gasteiger partial charge in [-0.05, 0) is 33.6 Å². The second kappa shape index (κ2) is 6.98. The van der Waals surface area contributed by atoms with E-state index in [-0.39, 0.29) is 11.7 Å². The lowest BCUT2D eigenvalue weighted by molar-refractivity contribution is 0.0505. The van der Waals surface area contributed by atoms with Gasteiger partial charge < -0.3 is 20.3 Å². The molecule has 0 aromatic rings. The third kappa shape index (κ3) is 10.8. The van der Waals surface area contributed by atoms with E-state index in [1.54, 1.807) is 0 Å². The van der Waals surface area contributed by atoms with E-state index in [1.165, 1.54) is 12.8 Å². The van der Waals surface area contributed by atoms with E-state index in [1.807, 2.05) is 20.8 Å². The van der Waals surface area contributed by atoms with Crippen LogP contribution in [-0.2, 0) is 4.74 Å². The first kappa shape index (κ1) is 15.5. The smallest absolute Gasteiger partial charge is 0.450 e. The Morgan fingerprint density at radius 1 is 1.18 bits per heavy atom. The van der Waals surface area contributed by atoms with Crippen molar-refractivity contribution in [3.8, 4) is 0 Å². The fourth-order valence-corrected chi connectivity index (χ4v) is 1.54. The third-order valence-electron chi connectivity index (χ3n) is 2.08. The van der Waals surface area contributed by atoms with Crippen LogP contribution in [0.5, 0.6) is 0 Å². The number of nitrogens with one attached hydrogen (secondary N) is 1. The molecule has 0 spiro atoms. The summed E-state index contributed by atoms with van der Waals surface area (Å²) in [6, 6.07) is 0.342. The number of hydrogen-bond donors (Lipinski definition) is 3. The van der Waals surface area contributed by atoms with Gasteiger partial charge in [-0.3, -0.25) is 0 Å². The number of carbonyl (C=O) groups excluding carboxylic acids is 1. The molecule has 0 atom stereocenters. The standard InChI is InChI=1S/C10H19NO2.CH2O3/c1-10(2,3)13-9(12)11-8-6-4-5-7-8;2-1(3)4/h8H,4-7H2,1-3H3,(H,11,12);(H2,2,3,4). The lowest BCUT2D eigenvalue weighted by Gasteiger charge is -2.21. The summed E-state index contributed by atoms with van der Waals surface area (Å²) in [6.45, 7) is 5.63. The average Bonchev–Trinajstić information content (AvgIpc) is 2.50. The zero-order chi connectivity index (χ0) is 13.5. The summed E-state index contributed by atoms with van der Waals surface area (Å²) in [4.78, 5) is 19.8. The highest BCUT2D eigenvalue weighted by molar-refractivity contribution is 5.68. The van der Waals surface area contributed by atoms with E-state index in [0.29, 0.717) is 6.04 Å². The molecule has 1 saturated carbocycles. The Labute approximate surface area is 101 Å². The highest BCUT2D eigenvalue weighted by atomic mass is 16.6. The maximum atomic E-state index is 11.3. The third-order valence-corrected chi connectivity index (χ3v) is 2.08. The molecule has 1 fully saturated rings. The molecule has 3 N–H and O–H groups in total. The molecule has 6 nitrogen and oxygen atoms in total. The zero-order valence-electron chi connectivity index (χ0n) is 10.5. The lowest BCUT2D eigenvalue weighted by Crippen LogP contribution is -2.37. The van der Waals surface area contributed by atoms with Gasteiger partial charge in [-0.25, -0.2) is 9.59 Å². The zero-order valence-corrected chi connectivity index (χ0v) is 10.5. The van der Waals surface area contributed by atoms with E-state index in [2.05, 4.69) is 5.32 Å². The van der Waals surface area contributed by atoms with Crippen LogP contribution in [0.3, 0.4) is 0 Å². The molecule has 0 aromatic carbocycles. The minimum Gasteiger partial charge on any atom is -0.450 e. The topological polar surface area (TPSA) is 95.9 Å². The number of alkyl carbamates (subject to hydrolysis) is 1. The van der Waals surface area contributed by atoms with Crippen molar-refractivity contribution in [1.82, 2.24) is 5.32 Å². The van der Waals surface area contributed by atoms with Gasteiger partial charge >= 0.3 is 12.2 Å². The van der Waals surface area contributed by atoms with Gasteiger partial charge in [0.2, 0.25) is 0 Å². The number of carbonyl (C=O) groups is 2. The molecule has 0 unspecified atom stereocenters. The molecular weight excluding hydrogens is 226 g/mol. The van der Waals surface area contributed by atoms with Crippen LogP contribution >= 0.6 is 0 Å². The van der Waals surface area contributed by atoms with Crippen molar-refractivity contribution in [3.05, 3.63) is 0 Å². The highest BCUT2D eigenvalue weighted by Gasteiger charge is 2.21.